The molecule has 7 heterocycles. The largest absolute Gasteiger partial charge is 0.493 e. The fraction of sp³-hybridized carbons (Fsp3) is 0.843. The molecule has 0 aromatic heterocycles. The Labute approximate surface area is 842 Å². The van der Waals surface area contributed by atoms with E-state index in [9.17, 15) is 33.9 Å². The predicted molar refractivity (Wildman–Crippen MR) is 545 cm³/mol. The molecule has 36 atom stereocenters. The van der Waals surface area contributed by atoms with Gasteiger partial charge in [0.05, 0.1) is 99.6 Å². The third kappa shape index (κ3) is 35.0. The third-order valence-electron chi connectivity index (χ3n) is 29.0. The summed E-state index contributed by atoms with van der Waals surface area (Å²) >= 11 is 0. The molecule has 136 heavy (non-hydrogen) atoms. The van der Waals surface area contributed by atoms with Crippen LogP contribution in [0.4, 0.5) is 0 Å². The summed E-state index contributed by atoms with van der Waals surface area (Å²) in [5, 5.41) is 9.29. The zero-order chi connectivity index (χ0) is 99.6. The first-order valence-corrected chi connectivity index (χ1v) is 48.4. The van der Waals surface area contributed by atoms with E-state index < -0.39 is 79.0 Å². The summed E-state index contributed by atoms with van der Waals surface area (Å²) in [6.07, 6.45) is 11.6. The smallest absolute Gasteiger partial charge is 0.229 e. The molecule has 0 amide bonds. The molecule has 0 aromatic rings. The van der Waals surface area contributed by atoms with Crippen LogP contribution in [0.5, 0.6) is 0 Å². The number of hydrogen-bond donors (Lipinski definition) is 2. The van der Waals surface area contributed by atoms with Crippen molar-refractivity contribution >= 4 is 75.2 Å². The number of Topliss-reactive ketones (excluding diaryl/α,β-unsaturated/α-hetero) is 6. The summed E-state index contributed by atoms with van der Waals surface area (Å²) in [5.74, 6) is -4.53. The summed E-state index contributed by atoms with van der Waals surface area (Å²) in [5.41, 5.74) is 1.88. The van der Waals surface area contributed by atoms with Crippen LogP contribution >= 0.6 is 40.5 Å². The van der Waals surface area contributed by atoms with Gasteiger partial charge >= 0.3 is 0 Å². The quantitative estimate of drug-likeness (QED) is 0.0422. The molecule has 0 bridgehead atoms. The third-order valence-corrected chi connectivity index (χ3v) is 29.0. The van der Waals surface area contributed by atoms with E-state index in [-0.39, 0.29) is 250 Å². The molecule has 7 rings (SSSR count). The maximum absolute atomic E-state index is 13.5. The molecule has 0 aliphatic carbocycles. The van der Waals surface area contributed by atoms with Gasteiger partial charge in [-0.25, -0.2) is 0 Å². The van der Waals surface area contributed by atoms with Crippen LogP contribution in [0.15, 0.2) is 61.1 Å². The molecule has 0 aromatic carbocycles. The first kappa shape index (κ1) is 132. The minimum Gasteiger partial charge on any atom is -0.493 e. The Bertz CT molecular complexity index is 3580. The SMILES string of the molecule is C/C=C\COC1(C(C)=O)CC(C)C(CC(C)=O)C(C(OC)C(CC)OC)O1.C=C(C)N(C)C1=COC(CC)C(OC2OC(COC3(C(C)=O)CC(C)C(CC(C)=O)C(C(OC)C(CC)OC)O3)C(C)C(C)C2OC)C1C.CC/C=C\OC1OC(CO)C(C)C(C)C1OC.CC/C=C\OC1OC(COC2(C(C)=O)CC(C)C(CC(C)=O)C(C(OC)C(CC)OC)O2)C(C)C(C)C1OC.N.S.S.S.[HH].[HH].[HH]. The van der Waals surface area contributed by atoms with Crippen molar-refractivity contribution in [2.45, 2.75) is 383 Å². The van der Waals surface area contributed by atoms with E-state index in [1.54, 1.807) is 97.3 Å². The Kier molecular flexibility index (Phi) is 62.9. The predicted octanol–water partition coefficient (Wildman–Crippen LogP) is 17.1. The van der Waals surface area contributed by atoms with E-state index in [1.807, 2.05) is 112 Å². The van der Waals surface area contributed by atoms with Gasteiger partial charge in [-0.3, -0.25) is 14.4 Å². The minimum atomic E-state index is -1.55. The number of methoxy groups -OCH3 is 9. The number of rotatable bonds is 48. The Balaban J connectivity index is -0.000000909. The Morgan fingerprint density at radius 1 is 0.471 bits per heavy atom. The minimum absolute atomic E-state index is 0. The average molecular weight is 2010 g/mol. The summed E-state index contributed by atoms with van der Waals surface area (Å²) in [6, 6.07) is 0. The van der Waals surface area contributed by atoms with E-state index in [1.165, 1.54) is 20.8 Å². The first-order valence-electron chi connectivity index (χ1n) is 48.4. The van der Waals surface area contributed by atoms with Crippen LogP contribution in [0.3, 0.4) is 0 Å². The van der Waals surface area contributed by atoms with E-state index in [4.69, 9.17) is 104 Å². The van der Waals surface area contributed by atoms with Crippen LogP contribution in [0.2, 0.25) is 0 Å². The molecule has 0 radical (unpaired) electrons. The van der Waals surface area contributed by atoms with Crippen LogP contribution in [0, 0.1) is 76.9 Å². The number of nitrogens with zero attached hydrogens (tertiary/aromatic N) is 1. The van der Waals surface area contributed by atoms with Gasteiger partial charge in [0.1, 0.15) is 72.4 Å². The lowest BCUT2D eigenvalue weighted by molar-refractivity contribution is -0.335. The zero-order valence-corrected chi connectivity index (χ0v) is 92.1. The van der Waals surface area contributed by atoms with Crippen molar-refractivity contribution in [2.75, 3.05) is 97.5 Å². The van der Waals surface area contributed by atoms with Gasteiger partial charge < -0.3 is 135 Å². The van der Waals surface area contributed by atoms with Crippen LogP contribution in [0.25, 0.3) is 0 Å². The van der Waals surface area contributed by atoms with Crippen molar-refractivity contribution in [3.05, 3.63) is 61.1 Å². The van der Waals surface area contributed by atoms with Crippen molar-refractivity contribution in [3.8, 4) is 0 Å². The Morgan fingerprint density at radius 3 is 1.07 bits per heavy atom. The van der Waals surface area contributed by atoms with E-state index in [2.05, 4.69) is 62.0 Å². The lowest BCUT2D eigenvalue weighted by Crippen LogP contribution is -2.61. The molecule has 7 aliphatic heterocycles. The second kappa shape index (κ2) is 64.8. The number of allylic oxidation sites excluding steroid dienone is 4. The molecule has 6 saturated heterocycles. The fourth-order valence-corrected chi connectivity index (χ4v) is 20.0. The van der Waals surface area contributed by atoms with Crippen LogP contribution in [0.1, 0.15) is 247 Å². The van der Waals surface area contributed by atoms with E-state index in [0.29, 0.717) is 51.4 Å². The molecule has 6 fully saturated rings. The van der Waals surface area contributed by atoms with Crippen LogP contribution in [-0.4, -0.2) is 282 Å². The van der Waals surface area contributed by atoms with E-state index >= 15 is 0 Å². The van der Waals surface area contributed by atoms with E-state index in [0.717, 1.165) is 37.1 Å². The van der Waals surface area contributed by atoms with Gasteiger partial charge in [-0.05, 0) is 156 Å². The number of hydrogen-bond acceptors (Lipinski definition) is 31. The zero-order valence-electron chi connectivity index (χ0n) is 89.1. The molecule has 36 unspecified atom stereocenters. The van der Waals surface area contributed by atoms with Gasteiger partial charge in [0, 0.05) is 146 Å². The van der Waals surface area contributed by atoms with Gasteiger partial charge in [0.15, 0.2) is 23.6 Å². The monoisotopic (exact) mass is 2010 g/mol. The molecule has 34 heteroatoms. The van der Waals surface area contributed by atoms with Crippen molar-refractivity contribution in [1.82, 2.24) is 11.1 Å². The Morgan fingerprint density at radius 2 is 0.794 bits per heavy atom. The second-order valence-electron chi connectivity index (χ2n) is 37.8. The molecule has 0 saturated carbocycles. The lowest BCUT2D eigenvalue weighted by Gasteiger charge is -2.50. The standard InChI is InChI=1S/C38H65NO10.C30H52O9.C21H36O6.C13H24O4.H3N.3H2S.3H2/c1-15-30(42-12)36(44-14)35-28(17-23(6)40)22(5)18-38(49-35,27(10)41)46-20-32-24(7)25(8)34(43-13)37(47-32)48-33-26(9)29(39(11)21(3)4)19-45-31(33)16-2;1-11-13-14-36-29-26(34-9)21(6)20(5)25(38-29)17-37-30(22(7)32)16-18(3)23(15-19(4)31)27(39-30)28(35-10)24(12-2)33-8;1-8-10-11-26-21(16(5)23)13-14(3)17(12-15(4)22)19(27-21)20(25-7)18(9-2)24-6;1-5-6-7-16-13-12(15-4)10(3)9(2)11(8-14)17-13;;;;;;;/h19,22,24-26,28,30-37H,3,15-18,20H2,1-2,4-14H3;13-14,18,20-21,23-29H,11-12,15-17H2,1-10H3;8,10,14,17-20H,9,11-13H2,1-7H3;6-7,9-14H,5,8H2,1-4H3;1H3;3*1H2;3*1H/b;14-13-;10-8-;7-6-;;;;;;;. The summed E-state index contributed by atoms with van der Waals surface area (Å²) in [4.78, 5) is 77.9. The second-order valence-corrected chi connectivity index (χ2v) is 37.8. The summed E-state index contributed by atoms with van der Waals surface area (Å²) in [6.45, 7) is 50.7. The Hall–Kier alpha value is -3.87. The highest BCUT2D eigenvalue weighted by molar-refractivity contribution is 7.59. The number of ether oxygens (including phenoxy) is 22. The fourth-order valence-electron chi connectivity index (χ4n) is 20.0. The topological polar surface area (TPSA) is 364 Å². The van der Waals surface area contributed by atoms with Crippen LogP contribution < -0.4 is 6.15 Å². The average Bonchev–Trinajstić information content (AvgIpc) is 0.763. The van der Waals surface area contributed by atoms with Gasteiger partial charge in [-0.15, -0.1) is 0 Å². The summed E-state index contributed by atoms with van der Waals surface area (Å²) in [7, 11) is 16.7. The number of carbonyl (C=O) groups excluding carboxylic acids is 6. The first-order chi connectivity index (χ1) is 62.5. The molecule has 4 N–H and O–H groups in total. The highest BCUT2D eigenvalue weighted by Gasteiger charge is 2.59. The maximum Gasteiger partial charge on any atom is 0.229 e. The number of carbonyl (C=O) groups is 6. The van der Waals surface area contributed by atoms with Gasteiger partial charge in [0.25, 0.3) is 0 Å². The highest BCUT2D eigenvalue weighted by atomic mass is 32.1. The number of aliphatic hydroxyl groups is 1. The lowest BCUT2D eigenvalue weighted by atomic mass is 9.75. The molecular formula is C102H192N2O29S3. The summed E-state index contributed by atoms with van der Waals surface area (Å²) < 4.78 is 134. The van der Waals surface area contributed by atoms with Crippen molar-refractivity contribution in [1.29, 1.82) is 0 Å². The van der Waals surface area contributed by atoms with Crippen molar-refractivity contribution in [3.63, 3.8) is 0 Å². The highest BCUT2D eigenvalue weighted by Crippen LogP contribution is 2.49. The molecule has 7 aliphatic rings. The van der Waals surface area contributed by atoms with Crippen LogP contribution in [-0.2, 0) is 133 Å². The van der Waals surface area contributed by atoms with Gasteiger partial charge in [-0.2, -0.15) is 40.5 Å². The van der Waals surface area contributed by atoms with Gasteiger partial charge in [-0.1, -0.05) is 130 Å². The van der Waals surface area contributed by atoms with Crippen molar-refractivity contribution in [2.24, 2.45) is 76.9 Å². The molecule has 0 spiro atoms. The maximum atomic E-state index is 13.5. The number of aliphatic hydroxyl groups excluding tert-OH is 1. The van der Waals surface area contributed by atoms with Crippen molar-refractivity contribution < 1.29 is 142 Å². The molecular weight excluding hydrogens is 1810 g/mol. The molecule has 802 valence electrons. The number of ketones is 6. The molecule has 31 nitrogen and oxygen atoms in total. The van der Waals surface area contributed by atoms with Gasteiger partial charge in [0.2, 0.25) is 29.9 Å². The normalized spacial score (nSPS) is 35.2.